The number of aromatic nitrogens is 1. The summed E-state index contributed by atoms with van der Waals surface area (Å²) in [5.41, 5.74) is 2.43. The van der Waals surface area contributed by atoms with Gasteiger partial charge in [0.05, 0.1) is 5.75 Å². The van der Waals surface area contributed by atoms with Gasteiger partial charge in [0.15, 0.2) is 17.1 Å². The van der Waals surface area contributed by atoms with Crippen LogP contribution in [0.25, 0.3) is 11.1 Å². The number of rotatable bonds is 1. The van der Waals surface area contributed by atoms with E-state index in [0.717, 1.165) is 16.7 Å². The summed E-state index contributed by atoms with van der Waals surface area (Å²) >= 11 is 1.21. The quantitative estimate of drug-likeness (QED) is 0.707. The highest BCUT2D eigenvalue weighted by molar-refractivity contribution is 8.13. The summed E-state index contributed by atoms with van der Waals surface area (Å²) in [6.45, 7) is 1.54. The molecule has 80 valence electrons. The van der Waals surface area contributed by atoms with Gasteiger partial charge in [-0.15, -0.1) is 0 Å². The van der Waals surface area contributed by atoms with Gasteiger partial charge >= 0.3 is 0 Å². The number of thioether (sulfide) groups is 1. The molecule has 16 heavy (non-hydrogen) atoms. The zero-order chi connectivity index (χ0) is 11.4. The van der Waals surface area contributed by atoms with E-state index in [1.165, 1.54) is 25.1 Å². The molecule has 1 aromatic heterocycles. The van der Waals surface area contributed by atoms with Crippen LogP contribution in [0.4, 0.5) is 0 Å². The maximum absolute atomic E-state index is 10.7. The number of carbonyl (C=O) groups is 1. The van der Waals surface area contributed by atoms with E-state index in [0.29, 0.717) is 5.75 Å². The largest absolute Gasteiger partial charge is 0.443 e. The Bertz CT molecular complexity index is 577. The van der Waals surface area contributed by atoms with E-state index in [2.05, 4.69) is 16.8 Å². The summed E-state index contributed by atoms with van der Waals surface area (Å²) in [7, 11) is 0. The van der Waals surface area contributed by atoms with Crippen molar-refractivity contribution >= 4 is 28.0 Å². The minimum atomic E-state index is 0.0845. The lowest BCUT2D eigenvalue weighted by atomic mass is 10.2. The number of carbonyl (C=O) groups excluding carboxylic acids is 1. The summed E-state index contributed by atoms with van der Waals surface area (Å²) in [6.07, 6.45) is 1.41. The third kappa shape index (κ3) is 2.65. The lowest BCUT2D eigenvalue weighted by Gasteiger charge is -1.89. The molecule has 4 heteroatoms. The van der Waals surface area contributed by atoms with E-state index < -0.39 is 0 Å². The molecular weight excluding hydrogens is 222 g/mol. The van der Waals surface area contributed by atoms with Gasteiger partial charge in [-0.3, -0.25) is 4.79 Å². The average molecular weight is 231 g/mol. The van der Waals surface area contributed by atoms with Crippen LogP contribution in [0.3, 0.4) is 0 Å². The van der Waals surface area contributed by atoms with Crippen molar-refractivity contribution in [2.24, 2.45) is 0 Å². The molecule has 1 heterocycles. The molecule has 0 amide bonds. The number of hydrogen-bond donors (Lipinski definition) is 0. The molecular formula is C12H9NO2S. The molecule has 0 unspecified atom stereocenters. The standard InChI is InChI=1S/C12H9NO2S/c1-9(14)16-6-2-3-10-4-5-12-11(7-10)13-8-15-12/h4-5,7-8H,6H2,1H3. The number of benzene rings is 1. The molecule has 0 fully saturated rings. The summed E-state index contributed by atoms with van der Waals surface area (Å²) in [5, 5.41) is 0.0845. The Kier molecular flexibility index (Phi) is 3.28. The number of nitrogens with zero attached hydrogens (tertiary/aromatic N) is 1. The van der Waals surface area contributed by atoms with Crippen molar-refractivity contribution in [1.82, 2.24) is 4.98 Å². The predicted octanol–water partition coefficient (Wildman–Crippen LogP) is 2.46. The fourth-order valence-corrected chi connectivity index (χ4v) is 1.56. The minimum Gasteiger partial charge on any atom is -0.443 e. The third-order valence-corrected chi connectivity index (χ3v) is 2.61. The smallest absolute Gasteiger partial charge is 0.186 e. The molecule has 0 aliphatic rings. The van der Waals surface area contributed by atoms with Crippen molar-refractivity contribution in [3.8, 4) is 11.8 Å². The maximum atomic E-state index is 10.7. The molecule has 0 spiro atoms. The lowest BCUT2D eigenvalue weighted by molar-refractivity contribution is -0.109. The fraction of sp³-hybridized carbons (Fsp3) is 0.167. The zero-order valence-corrected chi connectivity index (χ0v) is 9.50. The molecule has 2 rings (SSSR count). The predicted molar refractivity (Wildman–Crippen MR) is 64.0 cm³/mol. The first kappa shape index (κ1) is 10.8. The molecule has 1 aromatic carbocycles. The van der Waals surface area contributed by atoms with Crippen LogP contribution in [0, 0.1) is 11.8 Å². The number of fused-ring (bicyclic) bond motifs is 1. The normalized spacial score (nSPS) is 9.81. The van der Waals surface area contributed by atoms with Gasteiger partial charge in [-0.2, -0.15) is 0 Å². The second kappa shape index (κ2) is 4.86. The third-order valence-electron chi connectivity index (χ3n) is 1.91. The summed E-state index contributed by atoms with van der Waals surface area (Å²) in [5.74, 6) is 6.42. The fourth-order valence-electron chi connectivity index (χ4n) is 1.21. The molecule has 0 N–H and O–H groups in total. The molecule has 0 atom stereocenters. The molecule has 0 saturated carbocycles. The van der Waals surface area contributed by atoms with Gasteiger partial charge in [-0.05, 0) is 18.2 Å². The van der Waals surface area contributed by atoms with E-state index >= 15 is 0 Å². The Labute approximate surface area is 97.2 Å². The Morgan fingerprint density at radius 1 is 1.56 bits per heavy atom. The number of oxazole rings is 1. The van der Waals surface area contributed by atoms with Gasteiger partial charge in [0.25, 0.3) is 0 Å². The van der Waals surface area contributed by atoms with Crippen LogP contribution in [0.1, 0.15) is 12.5 Å². The van der Waals surface area contributed by atoms with Crippen LogP contribution in [0.5, 0.6) is 0 Å². The van der Waals surface area contributed by atoms with Gasteiger partial charge in [0.2, 0.25) is 0 Å². The van der Waals surface area contributed by atoms with Gasteiger partial charge < -0.3 is 4.42 Å². The molecule has 2 aromatic rings. The SMILES string of the molecule is CC(=O)SCC#Cc1ccc2ocnc2c1. The highest BCUT2D eigenvalue weighted by atomic mass is 32.2. The van der Waals surface area contributed by atoms with Gasteiger partial charge in [0.1, 0.15) is 5.52 Å². The van der Waals surface area contributed by atoms with Crippen molar-refractivity contribution in [1.29, 1.82) is 0 Å². The van der Waals surface area contributed by atoms with E-state index in [1.807, 2.05) is 18.2 Å². The van der Waals surface area contributed by atoms with E-state index in [1.54, 1.807) is 0 Å². The van der Waals surface area contributed by atoms with Crippen molar-refractivity contribution in [2.75, 3.05) is 5.75 Å². The molecule has 0 radical (unpaired) electrons. The Balaban J connectivity index is 2.11. The summed E-state index contributed by atoms with van der Waals surface area (Å²) in [6, 6.07) is 5.58. The first-order chi connectivity index (χ1) is 7.75. The van der Waals surface area contributed by atoms with Crippen LogP contribution in [0.15, 0.2) is 29.0 Å². The van der Waals surface area contributed by atoms with Crippen molar-refractivity contribution in [3.05, 3.63) is 30.2 Å². The van der Waals surface area contributed by atoms with Crippen LogP contribution >= 0.6 is 11.8 Å². The second-order valence-electron chi connectivity index (χ2n) is 3.12. The topological polar surface area (TPSA) is 43.1 Å². The van der Waals surface area contributed by atoms with Crippen LogP contribution in [-0.4, -0.2) is 15.9 Å². The van der Waals surface area contributed by atoms with Crippen LogP contribution < -0.4 is 0 Å². The Morgan fingerprint density at radius 3 is 3.25 bits per heavy atom. The Hall–Kier alpha value is -1.73. The first-order valence-corrected chi connectivity index (χ1v) is 5.70. The van der Waals surface area contributed by atoms with E-state index in [9.17, 15) is 4.79 Å². The Morgan fingerprint density at radius 2 is 2.44 bits per heavy atom. The highest BCUT2D eigenvalue weighted by Crippen LogP contribution is 2.13. The van der Waals surface area contributed by atoms with E-state index in [4.69, 9.17) is 4.42 Å². The van der Waals surface area contributed by atoms with E-state index in [-0.39, 0.29) is 5.12 Å². The molecule has 0 aliphatic heterocycles. The molecule has 0 aliphatic carbocycles. The maximum Gasteiger partial charge on any atom is 0.186 e. The summed E-state index contributed by atoms with van der Waals surface area (Å²) in [4.78, 5) is 14.7. The lowest BCUT2D eigenvalue weighted by Crippen LogP contribution is -1.82. The van der Waals surface area contributed by atoms with Gasteiger partial charge in [-0.1, -0.05) is 23.6 Å². The molecule has 3 nitrogen and oxygen atoms in total. The monoisotopic (exact) mass is 231 g/mol. The second-order valence-corrected chi connectivity index (χ2v) is 4.27. The summed E-state index contributed by atoms with van der Waals surface area (Å²) < 4.78 is 5.12. The minimum absolute atomic E-state index is 0.0845. The van der Waals surface area contributed by atoms with Gasteiger partial charge in [0, 0.05) is 12.5 Å². The van der Waals surface area contributed by atoms with Crippen LogP contribution in [-0.2, 0) is 4.79 Å². The highest BCUT2D eigenvalue weighted by Gasteiger charge is 1.97. The van der Waals surface area contributed by atoms with Gasteiger partial charge in [-0.25, -0.2) is 4.98 Å². The first-order valence-electron chi connectivity index (χ1n) is 4.71. The van der Waals surface area contributed by atoms with Crippen molar-refractivity contribution < 1.29 is 9.21 Å². The molecule has 0 saturated heterocycles. The van der Waals surface area contributed by atoms with Crippen molar-refractivity contribution in [3.63, 3.8) is 0 Å². The van der Waals surface area contributed by atoms with Crippen LogP contribution in [0.2, 0.25) is 0 Å². The molecule has 0 bridgehead atoms. The zero-order valence-electron chi connectivity index (χ0n) is 8.69. The van der Waals surface area contributed by atoms with Crippen molar-refractivity contribution in [2.45, 2.75) is 6.92 Å². The number of hydrogen-bond acceptors (Lipinski definition) is 4. The average Bonchev–Trinajstić information content (AvgIpc) is 2.71.